The van der Waals surface area contributed by atoms with Crippen LogP contribution in [-0.4, -0.2) is 38.5 Å². The Kier molecular flexibility index (Phi) is 5.55. The molecular weight excluding hydrogens is 252 g/mol. The predicted molar refractivity (Wildman–Crippen MR) is 70.1 cm³/mol. The number of aliphatic hydroxyl groups is 1. The third kappa shape index (κ3) is 3.96. The fraction of sp³-hybridized carbons (Fsp3) is 0.583. The van der Waals surface area contributed by atoms with E-state index in [2.05, 4.69) is 9.97 Å². The van der Waals surface area contributed by atoms with Gasteiger partial charge in [-0.3, -0.25) is 0 Å². The van der Waals surface area contributed by atoms with Crippen molar-refractivity contribution >= 4 is 17.7 Å². The van der Waals surface area contributed by atoms with Crippen LogP contribution in [0.15, 0.2) is 11.1 Å². The van der Waals surface area contributed by atoms with Crippen molar-refractivity contribution in [2.75, 3.05) is 12.4 Å². The van der Waals surface area contributed by atoms with Crippen LogP contribution >= 0.6 is 11.8 Å². The third-order valence-electron chi connectivity index (χ3n) is 2.33. The molecule has 0 aliphatic heterocycles. The molecule has 0 aromatic carbocycles. The molecule has 0 spiro atoms. The topological polar surface area (TPSA) is 83.3 Å². The standard InChI is InChI=1S/C12H18N2O3S/c1-7(2)11-13-4-9(10(14-11)12(16)17)18-6-8(3)5-15/h4,7-8,15H,5-6H2,1-3H3,(H,16,17). The first-order chi connectivity index (χ1) is 8.45. The zero-order valence-electron chi connectivity index (χ0n) is 10.8. The summed E-state index contributed by atoms with van der Waals surface area (Å²) in [4.78, 5) is 20.0. The highest BCUT2D eigenvalue weighted by Crippen LogP contribution is 2.24. The summed E-state index contributed by atoms with van der Waals surface area (Å²) in [5.41, 5.74) is 0.0452. The molecule has 1 rings (SSSR count). The lowest BCUT2D eigenvalue weighted by Crippen LogP contribution is -2.10. The molecule has 1 atom stereocenters. The molecule has 0 bridgehead atoms. The summed E-state index contributed by atoms with van der Waals surface area (Å²) < 4.78 is 0. The molecular formula is C12H18N2O3S. The monoisotopic (exact) mass is 270 g/mol. The molecule has 6 heteroatoms. The van der Waals surface area contributed by atoms with Crippen molar-refractivity contribution in [3.8, 4) is 0 Å². The summed E-state index contributed by atoms with van der Waals surface area (Å²) in [6, 6.07) is 0. The quantitative estimate of drug-likeness (QED) is 0.769. The van der Waals surface area contributed by atoms with Gasteiger partial charge in [0.2, 0.25) is 0 Å². The lowest BCUT2D eigenvalue weighted by atomic mass is 10.2. The van der Waals surface area contributed by atoms with E-state index >= 15 is 0 Å². The van der Waals surface area contributed by atoms with Gasteiger partial charge in [-0.05, 0) is 5.92 Å². The molecule has 0 amide bonds. The van der Waals surface area contributed by atoms with Gasteiger partial charge in [0.05, 0.1) is 4.90 Å². The van der Waals surface area contributed by atoms with Gasteiger partial charge in [-0.25, -0.2) is 14.8 Å². The largest absolute Gasteiger partial charge is 0.476 e. The number of hydrogen-bond acceptors (Lipinski definition) is 5. The molecule has 0 saturated carbocycles. The van der Waals surface area contributed by atoms with Crippen LogP contribution in [0.3, 0.4) is 0 Å². The van der Waals surface area contributed by atoms with Crippen molar-refractivity contribution in [1.82, 2.24) is 9.97 Å². The number of aliphatic hydroxyl groups excluding tert-OH is 1. The minimum Gasteiger partial charge on any atom is -0.476 e. The molecule has 18 heavy (non-hydrogen) atoms. The van der Waals surface area contributed by atoms with E-state index in [1.165, 1.54) is 11.8 Å². The minimum absolute atomic E-state index is 0.0452. The van der Waals surface area contributed by atoms with Gasteiger partial charge >= 0.3 is 5.97 Å². The maximum absolute atomic E-state index is 11.2. The Morgan fingerprint density at radius 3 is 2.61 bits per heavy atom. The van der Waals surface area contributed by atoms with Crippen LogP contribution < -0.4 is 0 Å². The van der Waals surface area contributed by atoms with Crippen LogP contribution in [0.5, 0.6) is 0 Å². The van der Waals surface area contributed by atoms with Gasteiger partial charge in [-0.1, -0.05) is 20.8 Å². The first kappa shape index (κ1) is 14.9. The Bertz CT molecular complexity index is 424. The van der Waals surface area contributed by atoms with Crippen molar-refractivity contribution in [3.05, 3.63) is 17.7 Å². The van der Waals surface area contributed by atoms with E-state index in [9.17, 15) is 4.79 Å². The van der Waals surface area contributed by atoms with E-state index in [4.69, 9.17) is 10.2 Å². The number of carboxylic acids is 1. The Labute approximate surface area is 111 Å². The molecule has 5 nitrogen and oxygen atoms in total. The lowest BCUT2D eigenvalue weighted by Gasteiger charge is -2.10. The van der Waals surface area contributed by atoms with Crippen molar-refractivity contribution in [1.29, 1.82) is 0 Å². The maximum Gasteiger partial charge on any atom is 0.355 e. The number of aromatic carboxylic acids is 1. The van der Waals surface area contributed by atoms with Crippen molar-refractivity contribution < 1.29 is 15.0 Å². The smallest absolute Gasteiger partial charge is 0.355 e. The molecule has 0 radical (unpaired) electrons. The molecule has 0 fully saturated rings. The molecule has 0 aliphatic carbocycles. The number of rotatable bonds is 6. The second kappa shape index (κ2) is 6.70. The van der Waals surface area contributed by atoms with E-state index in [1.807, 2.05) is 20.8 Å². The number of carboxylic acid groups (broad SMARTS) is 1. The average Bonchev–Trinajstić information content (AvgIpc) is 2.35. The summed E-state index contributed by atoms with van der Waals surface area (Å²) in [7, 11) is 0. The Morgan fingerprint density at radius 2 is 2.11 bits per heavy atom. The Balaban J connectivity index is 2.93. The molecule has 2 N–H and O–H groups in total. The van der Waals surface area contributed by atoms with Crippen LogP contribution in [0.1, 0.15) is 43.0 Å². The first-order valence-electron chi connectivity index (χ1n) is 5.79. The second-order valence-electron chi connectivity index (χ2n) is 4.50. The van der Waals surface area contributed by atoms with E-state index in [0.717, 1.165) is 0 Å². The van der Waals surface area contributed by atoms with E-state index in [0.29, 0.717) is 16.5 Å². The average molecular weight is 270 g/mol. The summed E-state index contributed by atoms with van der Waals surface area (Å²) in [6.45, 7) is 5.82. The first-order valence-corrected chi connectivity index (χ1v) is 6.78. The fourth-order valence-corrected chi connectivity index (χ4v) is 2.17. The number of carbonyl (C=O) groups is 1. The molecule has 100 valence electrons. The van der Waals surface area contributed by atoms with E-state index in [1.54, 1.807) is 6.20 Å². The number of thioether (sulfide) groups is 1. The van der Waals surface area contributed by atoms with Crippen molar-refractivity contribution in [2.45, 2.75) is 31.6 Å². The number of hydrogen-bond donors (Lipinski definition) is 2. The molecule has 0 saturated heterocycles. The molecule has 1 aromatic rings. The van der Waals surface area contributed by atoms with Crippen molar-refractivity contribution in [2.24, 2.45) is 5.92 Å². The van der Waals surface area contributed by atoms with Gasteiger partial charge in [0.15, 0.2) is 5.69 Å². The predicted octanol–water partition coefficient (Wildman–Crippen LogP) is 2.02. The van der Waals surface area contributed by atoms with E-state index < -0.39 is 5.97 Å². The summed E-state index contributed by atoms with van der Waals surface area (Å²) in [5, 5.41) is 18.1. The summed E-state index contributed by atoms with van der Waals surface area (Å²) >= 11 is 1.36. The normalized spacial score (nSPS) is 12.7. The van der Waals surface area contributed by atoms with Crippen LogP contribution in [0.4, 0.5) is 0 Å². The fourth-order valence-electron chi connectivity index (χ4n) is 1.21. The van der Waals surface area contributed by atoms with Gasteiger partial charge in [0.1, 0.15) is 5.82 Å². The summed E-state index contributed by atoms with van der Waals surface area (Å²) in [5.74, 6) is 0.339. The highest BCUT2D eigenvalue weighted by atomic mass is 32.2. The highest BCUT2D eigenvalue weighted by molar-refractivity contribution is 7.99. The molecule has 1 heterocycles. The van der Waals surface area contributed by atoms with Gasteiger partial charge in [-0.15, -0.1) is 11.8 Å². The molecule has 0 aliphatic rings. The van der Waals surface area contributed by atoms with Gasteiger partial charge in [0.25, 0.3) is 0 Å². The molecule has 1 aromatic heterocycles. The summed E-state index contributed by atoms with van der Waals surface area (Å²) in [6.07, 6.45) is 1.56. The van der Waals surface area contributed by atoms with Crippen LogP contribution in [-0.2, 0) is 0 Å². The zero-order valence-corrected chi connectivity index (χ0v) is 11.6. The van der Waals surface area contributed by atoms with E-state index in [-0.39, 0.29) is 24.1 Å². The van der Waals surface area contributed by atoms with Crippen molar-refractivity contribution in [3.63, 3.8) is 0 Å². The Hall–Kier alpha value is -1.14. The zero-order chi connectivity index (χ0) is 13.7. The lowest BCUT2D eigenvalue weighted by molar-refractivity contribution is 0.0685. The number of aromatic nitrogens is 2. The number of nitrogens with zero attached hydrogens (tertiary/aromatic N) is 2. The van der Waals surface area contributed by atoms with Crippen LogP contribution in [0.25, 0.3) is 0 Å². The minimum atomic E-state index is -1.04. The second-order valence-corrected chi connectivity index (χ2v) is 5.56. The van der Waals surface area contributed by atoms with Gasteiger partial charge in [0, 0.05) is 24.5 Å². The van der Waals surface area contributed by atoms with Gasteiger partial charge < -0.3 is 10.2 Å². The maximum atomic E-state index is 11.2. The highest BCUT2D eigenvalue weighted by Gasteiger charge is 2.16. The van der Waals surface area contributed by atoms with Gasteiger partial charge in [-0.2, -0.15) is 0 Å². The molecule has 1 unspecified atom stereocenters. The van der Waals surface area contributed by atoms with Crippen LogP contribution in [0.2, 0.25) is 0 Å². The third-order valence-corrected chi connectivity index (χ3v) is 3.67. The SMILES string of the molecule is CC(CO)CSc1cnc(C(C)C)nc1C(=O)O. The Morgan fingerprint density at radius 1 is 1.44 bits per heavy atom. The van der Waals surface area contributed by atoms with Crippen LogP contribution in [0, 0.1) is 5.92 Å².